The van der Waals surface area contributed by atoms with Crippen molar-refractivity contribution in [2.75, 3.05) is 30.9 Å². The molecule has 8 nitrogen and oxygen atoms in total. The topological polar surface area (TPSA) is 90.5 Å². The van der Waals surface area contributed by atoms with E-state index < -0.39 is 0 Å². The lowest BCUT2D eigenvalue weighted by Crippen LogP contribution is -2.54. The van der Waals surface area contributed by atoms with E-state index in [9.17, 15) is 9.59 Å². The molecular weight excluding hydrogens is 404 g/mol. The fourth-order valence-corrected chi connectivity index (χ4v) is 5.17. The van der Waals surface area contributed by atoms with E-state index in [1.165, 1.54) is 5.56 Å². The van der Waals surface area contributed by atoms with Crippen molar-refractivity contribution in [2.24, 2.45) is 5.92 Å². The van der Waals surface area contributed by atoms with Crippen LogP contribution in [0.2, 0.25) is 0 Å². The zero-order valence-electron chi connectivity index (χ0n) is 18.7. The molecule has 8 heteroatoms. The first-order chi connectivity index (χ1) is 15.4. The van der Waals surface area contributed by atoms with Crippen LogP contribution in [0.1, 0.15) is 44.1 Å². The van der Waals surface area contributed by atoms with Gasteiger partial charge in [0.15, 0.2) is 0 Å². The molecule has 1 spiro atoms. The normalized spacial score (nSPS) is 27.6. The predicted octanol–water partition coefficient (Wildman–Crippen LogP) is 3.12. The molecule has 32 heavy (non-hydrogen) atoms. The summed E-state index contributed by atoms with van der Waals surface area (Å²) in [6.45, 7) is 0.598. The van der Waals surface area contributed by atoms with Crippen molar-refractivity contribution in [2.45, 2.75) is 49.6 Å². The summed E-state index contributed by atoms with van der Waals surface area (Å²) < 4.78 is 0. The first-order valence-electron chi connectivity index (χ1n) is 11.4. The first-order valence-corrected chi connectivity index (χ1v) is 11.4. The molecule has 3 amide bonds. The van der Waals surface area contributed by atoms with Gasteiger partial charge in [0.05, 0.1) is 30.2 Å². The number of benzene rings is 1. The molecule has 1 saturated heterocycles. The van der Waals surface area contributed by atoms with Gasteiger partial charge in [-0.2, -0.15) is 0 Å². The molecule has 0 bridgehead atoms. The van der Waals surface area contributed by atoms with Gasteiger partial charge in [0.1, 0.15) is 0 Å². The third kappa shape index (κ3) is 3.72. The number of amides is 3. The molecule has 3 aliphatic rings. The van der Waals surface area contributed by atoms with Crippen LogP contribution in [-0.4, -0.2) is 53.0 Å². The van der Waals surface area contributed by atoms with Gasteiger partial charge in [-0.1, -0.05) is 30.3 Å². The van der Waals surface area contributed by atoms with E-state index >= 15 is 0 Å². The quantitative estimate of drug-likeness (QED) is 0.755. The zero-order chi connectivity index (χ0) is 22.3. The standard InChI is InChI=1S/C24H30N6O2/c1-29(2)24(18-6-4-3-5-7-18)12-10-23(11-13-24)16-30(22(32)28-23)19-14-25-21(26-15-19)27-20(31)17-8-9-17/h3-7,14-15,17H,8-13,16H2,1-2H3,(H,28,32)(H,25,26,27,31)/t23-,24-. The second kappa shape index (κ2) is 7.85. The second-order valence-corrected chi connectivity index (χ2v) is 9.62. The minimum Gasteiger partial charge on any atom is -0.330 e. The van der Waals surface area contributed by atoms with Crippen molar-refractivity contribution in [3.63, 3.8) is 0 Å². The van der Waals surface area contributed by atoms with Gasteiger partial charge in [-0.05, 0) is 58.2 Å². The number of aromatic nitrogens is 2. The lowest BCUT2D eigenvalue weighted by molar-refractivity contribution is -0.117. The number of nitrogens with zero attached hydrogens (tertiary/aromatic N) is 4. The number of rotatable bonds is 5. The largest absolute Gasteiger partial charge is 0.330 e. The summed E-state index contributed by atoms with van der Waals surface area (Å²) in [5.41, 5.74) is 1.72. The molecule has 5 rings (SSSR count). The van der Waals surface area contributed by atoms with E-state index in [0.29, 0.717) is 12.2 Å². The lowest BCUT2D eigenvalue weighted by Gasteiger charge is -2.48. The molecule has 168 valence electrons. The summed E-state index contributed by atoms with van der Waals surface area (Å²) in [4.78, 5) is 37.3. The van der Waals surface area contributed by atoms with E-state index in [2.05, 4.69) is 69.9 Å². The Balaban J connectivity index is 1.28. The molecule has 1 aromatic heterocycles. The van der Waals surface area contributed by atoms with E-state index in [1.54, 1.807) is 17.3 Å². The fourth-order valence-electron chi connectivity index (χ4n) is 5.17. The van der Waals surface area contributed by atoms with Crippen LogP contribution in [0.25, 0.3) is 0 Å². The summed E-state index contributed by atoms with van der Waals surface area (Å²) in [7, 11) is 4.29. The molecule has 0 radical (unpaired) electrons. The molecule has 0 atom stereocenters. The average molecular weight is 435 g/mol. The number of urea groups is 1. The summed E-state index contributed by atoms with van der Waals surface area (Å²) in [6.07, 6.45) is 8.84. The Bertz CT molecular complexity index is 995. The van der Waals surface area contributed by atoms with Gasteiger partial charge >= 0.3 is 6.03 Å². The van der Waals surface area contributed by atoms with Gasteiger partial charge in [0.25, 0.3) is 0 Å². The molecule has 2 saturated carbocycles. The summed E-state index contributed by atoms with van der Waals surface area (Å²) in [5.74, 6) is 0.357. The third-order valence-corrected chi connectivity index (χ3v) is 7.41. The van der Waals surface area contributed by atoms with Gasteiger partial charge < -0.3 is 5.32 Å². The Labute approximate surface area is 188 Å². The average Bonchev–Trinajstić information content (AvgIpc) is 3.60. The second-order valence-electron chi connectivity index (χ2n) is 9.62. The Morgan fingerprint density at radius 1 is 1.09 bits per heavy atom. The molecule has 1 aliphatic heterocycles. The van der Waals surface area contributed by atoms with Crippen LogP contribution >= 0.6 is 0 Å². The van der Waals surface area contributed by atoms with E-state index in [1.807, 2.05) is 0 Å². The van der Waals surface area contributed by atoms with Crippen molar-refractivity contribution in [3.8, 4) is 0 Å². The first kappa shape index (κ1) is 20.9. The van der Waals surface area contributed by atoms with Crippen LogP contribution in [0, 0.1) is 5.92 Å². The summed E-state index contributed by atoms with van der Waals surface area (Å²) in [5, 5.41) is 6.00. The number of carbonyl (C=O) groups is 2. The van der Waals surface area contributed by atoms with Crippen molar-refractivity contribution >= 4 is 23.6 Å². The van der Waals surface area contributed by atoms with Gasteiger partial charge in [0, 0.05) is 11.5 Å². The van der Waals surface area contributed by atoms with Crippen LogP contribution < -0.4 is 15.5 Å². The molecule has 2 heterocycles. The Kier molecular flexibility index (Phi) is 5.12. The van der Waals surface area contributed by atoms with Crippen LogP contribution in [0.15, 0.2) is 42.7 Å². The maximum absolute atomic E-state index is 12.9. The van der Waals surface area contributed by atoms with Crippen molar-refractivity contribution in [1.29, 1.82) is 0 Å². The molecule has 2 aromatic rings. The molecule has 2 aliphatic carbocycles. The molecule has 1 aromatic carbocycles. The zero-order valence-corrected chi connectivity index (χ0v) is 18.7. The molecule has 3 fully saturated rings. The number of carbonyl (C=O) groups excluding carboxylic acids is 2. The summed E-state index contributed by atoms with van der Waals surface area (Å²) >= 11 is 0. The van der Waals surface area contributed by atoms with Crippen LogP contribution in [0.5, 0.6) is 0 Å². The molecule has 0 unspecified atom stereocenters. The van der Waals surface area contributed by atoms with Gasteiger partial charge in [0.2, 0.25) is 11.9 Å². The highest BCUT2D eigenvalue weighted by molar-refractivity contribution is 5.95. The Morgan fingerprint density at radius 3 is 2.34 bits per heavy atom. The lowest BCUT2D eigenvalue weighted by atomic mass is 9.69. The van der Waals surface area contributed by atoms with Crippen molar-refractivity contribution < 1.29 is 9.59 Å². The highest BCUT2D eigenvalue weighted by Gasteiger charge is 2.50. The molecular formula is C24H30N6O2. The number of anilines is 2. The monoisotopic (exact) mass is 434 g/mol. The SMILES string of the molecule is CN(C)[C@]1(c2ccccc2)CC[C@@]2(CC1)CN(c1cnc(NC(=O)C3CC3)nc1)C(=O)N2. The van der Waals surface area contributed by atoms with Crippen LogP contribution in [0.4, 0.5) is 16.4 Å². The van der Waals surface area contributed by atoms with Gasteiger partial charge in [-0.3, -0.25) is 19.9 Å². The fraction of sp³-hybridized carbons (Fsp3) is 0.500. The predicted molar refractivity (Wildman–Crippen MR) is 122 cm³/mol. The minimum absolute atomic E-state index is 0.0187. The molecule has 2 N–H and O–H groups in total. The maximum Gasteiger partial charge on any atom is 0.322 e. The summed E-state index contributed by atoms with van der Waals surface area (Å²) in [6, 6.07) is 10.6. The maximum atomic E-state index is 12.9. The van der Waals surface area contributed by atoms with Crippen molar-refractivity contribution in [3.05, 3.63) is 48.3 Å². The highest BCUT2D eigenvalue weighted by atomic mass is 16.2. The van der Waals surface area contributed by atoms with Crippen LogP contribution in [0.3, 0.4) is 0 Å². The van der Waals surface area contributed by atoms with E-state index in [4.69, 9.17) is 0 Å². The smallest absolute Gasteiger partial charge is 0.322 e. The number of hydrogen-bond acceptors (Lipinski definition) is 5. The van der Waals surface area contributed by atoms with Gasteiger partial charge in [-0.25, -0.2) is 14.8 Å². The highest BCUT2D eigenvalue weighted by Crippen LogP contribution is 2.46. The van der Waals surface area contributed by atoms with Gasteiger partial charge in [-0.15, -0.1) is 0 Å². The third-order valence-electron chi connectivity index (χ3n) is 7.41. The van der Waals surface area contributed by atoms with E-state index in [0.717, 1.165) is 38.5 Å². The number of hydrogen-bond donors (Lipinski definition) is 2. The Hall–Kier alpha value is -3.00. The number of nitrogens with one attached hydrogen (secondary N) is 2. The Morgan fingerprint density at radius 2 is 1.75 bits per heavy atom. The van der Waals surface area contributed by atoms with Crippen molar-refractivity contribution in [1.82, 2.24) is 20.2 Å². The van der Waals surface area contributed by atoms with E-state index in [-0.39, 0.29) is 34.9 Å². The minimum atomic E-state index is -0.246. The van der Waals surface area contributed by atoms with Crippen LogP contribution in [-0.2, 0) is 10.3 Å².